The number of benzene rings is 1. The molecule has 0 spiro atoms. The van der Waals surface area contributed by atoms with Crippen molar-refractivity contribution in [3.63, 3.8) is 0 Å². The van der Waals surface area contributed by atoms with Crippen LogP contribution in [0.15, 0.2) is 30.3 Å². The highest BCUT2D eigenvalue weighted by Crippen LogP contribution is 2.28. The molecule has 0 radical (unpaired) electrons. The molecule has 24 heavy (non-hydrogen) atoms. The Bertz CT molecular complexity index is 551. The number of carbonyl (C=O) groups is 1. The second-order valence-electron chi connectivity index (χ2n) is 7.01. The van der Waals surface area contributed by atoms with Crippen LogP contribution in [0.3, 0.4) is 0 Å². The number of urea groups is 1. The molecular weight excluding hydrogens is 304 g/mol. The van der Waals surface area contributed by atoms with Gasteiger partial charge in [-0.05, 0) is 31.7 Å². The summed E-state index contributed by atoms with van der Waals surface area (Å²) >= 11 is 0. The van der Waals surface area contributed by atoms with Gasteiger partial charge in [0.1, 0.15) is 0 Å². The van der Waals surface area contributed by atoms with Crippen LogP contribution in [0.5, 0.6) is 0 Å². The van der Waals surface area contributed by atoms with Gasteiger partial charge in [-0.1, -0.05) is 37.3 Å². The molecular formula is C19H28N2O3. The van der Waals surface area contributed by atoms with Crippen molar-refractivity contribution >= 4 is 6.03 Å². The number of nitrogens with zero attached hydrogens (tertiary/aromatic N) is 1. The van der Waals surface area contributed by atoms with E-state index in [1.54, 1.807) is 0 Å². The molecule has 3 rings (SSSR count). The van der Waals surface area contributed by atoms with Crippen molar-refractivity contribution in [1.29, 1.82) is 0 Å². The summed E-state index contributed by atoms with van der Waals surface area (Å²) in [6.07, 6.45) is 2.66. The zero-order chi connectivity index (χ0) is 17.0. The smallest absolute Gasteiger partial charge is 0.317 e. The zero-order valence-electron chi connectivity index (χ0n) is 14.7. The third kappa shape index (κ3) is 4.08. The number of ether oxygens (including phenoxy) is 2. The van der Waals surface area contributed by atoms with E-state index in [0.717, 1.165) is 19.3 Å². The van der Waals surface area contributed by atoms with E-state index in [4.69, 9.17) is 9.47 Å². The first-order valence-corrected chi connectivity index (χ1v) is 8.95. The maximum absolute atomic E-state index is 12.6. The fourth-order valence-corrected chi connectivity index (χ4v) is 3.41. The van der Waals surface area contributed by atoms with E-state index in [0.29, 0.717) is 26.3 Å². The average molecular weight is 332 g/mol. The standard InChI is InChI=1S/C19H28N2O3/c1-3-19(2)14-21(10-12-24-19)18(22)20-16-9-11-23-17(13-16)15-7-5-4-6-8-15/h4-8,16-17H,3,9-14H2,1-2H3,(H,20,22)/t16-,17+,19+/m0/s1. The van der Waals surface area contributed by atoms with Crippen LogP contribution in [-0.2, 0) is 9.47 Å². The van der Waals surface area contributed by atoms with Crippen LogP contribution >= 0.6 is 0 Å². The van der Waals surface area contributed by atoms with Crippen molar-refractivity contribution in [2.75, 3.05) is 26.3 Å². The van der Waals surface area contributed by atoms with Gasteiger partial charge in [0, 0.05) is 19.2 Å². The summed E-state index contributed by atoms with van der Waals surface area (Å²) in [5.41, 5.74) is 0.957. The van der Waals surface area contributed by atoms with E-state index in [-0.39, 0.29) is 23.8 Å². The molecule has 3 atom stereocenters. The van der Waals surface area contributed by atoms with Crippen LogP contribution < -0.4 is 5.32 Å². The molecule has 1 aromatic rings. The van der Waals surface area contributed by atoms with Gasteiger partial charge >= 0.3 is 6.03 Å². The Morgan fingerprint density at radius 2 is 2.12 bits per heavy atom. The number of carbonyl (C=O) groups excluding carboxylic acids is 1. The van der Waals surface area contributed by atoms with Gasteiger partial charge in [0.2, 0.25) is 0 Å². The first-order chi connectivity index (χ1) is 11.6. The highest BCUT2D eigenvalue weighted by molar-refractivity contribution is 5.74. The molecule has 1 N–H and O–H groups in total. The Morgan fingerprint density at radius 1 is 1.33 bits per heavy atom. The highest BCUT2D eigenvalue weighted by atomic mass is 16.5. The quantitative estimate of drug-likeness (QED) is 0.925. The lowest BCUT2D eigenvalue weighted by molar-refractivity contribution is -0.0879. The van der Waals surface area contributed by atoms with Crippen molar-refractivity contribution in [2.45, 2.75) is 50.9 Å². The number of hydrogen-bond acceptors (Lipinski definition) is 3. The molecule has 5 heteroatoms. The second kappa shape index (κ2) is 7.53. The number of amides is 2. The number of morpholine rings is 1. The zero-order valence-corrected chi connectivity index (χ0v) is 14.7. The van der Waals surface area contributed by atoms with Crippen molar-refractivity contribution in [3.8, 4) is 0 Å². The normalized spacial score (nSPS) is 30.8. The van der Waals surface area contributed by atoms with Gasteiger partial charge in [0.15, 0.2) is 0 Å². The fraction of sp³-hybridized carbons (Fsp3) is 0.632. The van der Waals surface area contributed by atoms with Crippen LogP contribution in [0.25, 0.3) is 0 Å². The Kier molecular flexibility index (Phi) is 5.41. The van der Waals surface area contributed by atoms with Gasteiger partial charge in [-0.15, -0.1) is 0 Å². The molecule has 2 fully saturated rings. The van der Waals surface area contributed by atoms with Crippen molar-refractivity contribution < 1.29 is 14.3 Å². The average Bonchev–Trinajstić information content (AvgIpc) is 2.63. The SMILES string of the molecule is CC[C@]1(C)CN(C(=O)N[C@H]2CCO[C@@H](c3ccccc3)C2)CCO1. The Morgan fingerprint density at radius 3 is 2.88 bits per heavy atom. The minimum atomic E-state index is -0.224. The van der Waals surface area contributed by atoms with Gasteiger partial charge in [-0.3, -0.25) is 0 Å². The van der Waals surface area contributed by atoms with Gasteiger partial charge < -0.3 is 19.7 Å². The number of rotatable bonds is 3. The summed E-state index contributed by atoms with van der Waals surface area (Å²) in [6, 6.07) is 10.4. The van der Waals surface area contributed by atoms with E-state index in [9.17, 15) is 4.79 Å². The monoisotopic (exact) mass is 332 g/mol. The molecule has 0 saturated carbocycles. The largest absolute Gasteiger partial charge is 0.373 e. The van der Waals surface area contributed by atoms with Crippen LogP contribution in [0, 0.1) is 0 Å². The molecule has 1 aromatic carbocycles. The molecule has 5 nitrogen and oxygen atoms in total. The summed E-state index contributed by atoms with van der Waals surface area (Å²) in [5.74, 6) is 0. The highest BCUT2D eigenvalue weighted by Gasteiger charge is 2.34. The molecule has 2 amide bonds. The van der Waals surface area contributed by atoms with Crippen LogP contribution in [0.1, 0.15) is 44.8 Å². The Labute approximate surface area is 144 Å². The summed E-state index contributed by atoms with van der Waals surface area (Å²) in [5, 5.41) is 3.20. The lowest BCUT2D eigenvalue weighted by Crippen LogP contribution is -2.56. The second-order valence-corrected chi connectivity index (χ2v) is 7.01. The molecule has 2 aliphatic rings. The first kappa shape index (κ1) is 17.2. The maximum atomic E-state index is 12.6. The van der Waals surface area contributed by atoms with Gasteiger partial charge in [0.25, 0.3) is 0 Å². The molecule has 0 unspecified atom stereocenters. The van der Waals surface area contributed by atoms with E-state index >= 15 is 0 Å². The minimum absolute atomic E-state index is 0.0247. The minimum Gasteiger partial charge on any atom is -0.373 e. The van der Waals surface area contributed by atoms with E-state index < -0.39 is 0 Å². The van der Waals surface area contributed by atoms with Crippen LogP contribution in [0.2, 0.25) is 0 Å². The molecule has 132 valence electrons. The summed E-state index contributed by atoms with van der Waals surface area (Å²) in [4.78, 5) is 14.5. The topological polar surface area (TPSA) is 50.8 Å². The van der Waals surface area contributed by atoms with Gasteiger partial charge in [0.05, 0.1) is 24.9 Å². The van der Waals surface area contributed by atoms with Gasteiger partial charge in [-0.2, -0.15) is 0 Å². The predicted molar refractivity (Wildman–Crippen MR) is 92.9 cm³/mol. The third-order valence-corrected chi connectivity index (χ3v) is 5.16. The van der Waals surface area contributed by atoms with E-state index in [2.05, 4.69) is 31.3 Å². The first-order valence-electron chi connectivity index (χ1n) is 8.95. The summed E-state index contributed by atoms with van der Waals surface area (Å²) < 4.78 is 11.7. The molecule has 0 aromatic heterocycles. The maximum Gasteiger partial charge on any atom is 0.317 e. The van der Waals surface area contributed by atoms with Crippen LogP contribution in [-0.4, -0.2) is 48.9 Å². The lowest BCUT2D eigenvalue weighted by atomic mass is 9.97. The Hall–Kier alpha value is -1.59. The molecule has 0 bridgehead atoms. The van der Waals surface area contributed by atoms with Crippen molar-refractivity contribution in [2.24, 2.45) is 0 Å². The summed E-state index contributed by atoms with van der Waals surface area (Å²) in [7, 11) is 0. The predicted octanol–water partition coefficient (Wildman–Crippen LogP) is 3.12. The van der Waals surface area contributed by atoms with E-state index in [1.807, 2.05) is 23.1 Å². The van der Waals surface area contributed by atoms with Crippen molar-refractivity contribution in [1.82, 2.24) is 10.2 Å². The molecule has 2 saturated heterocycles. The van der Waals surface area contributed by atoms with Crippen LogP contribution in [0.4, 0.5) is 4.79 Å². The van der Waals surface area contributed by atoms with Crippen molar-refractivity contribution in [3.05, 3.63) is 35.9 Å². The van der Waals surface area contributed by atoms with E-state index in [1.165, 1.54) is 5.56 Å². The third-order valence-electron chi connectivity index (χ3n) is 5.16. The summed E-state index contributed by atoms with van der Waals surface area (Å²) in [6.45, 7) is 6.78. The molecule has 2 aliphatic heterocycles. The molecule has 0 aliphatic carbocycles. The molecule has 2 heterocycles. The fourth-order valence-electron chi connectivity index (χ4n) is 3.41. The lowest BCUT2D eigenvalue weighted by Gasteiger charge is -2.41. The number of nitrogens with one attached hydrogen (secondary N) is 1. The Balaban J connectivity index is 1.56. The number of hydrogen-bond donors (Lipinski definition) is 1. The van der Waals surface area contributed by atoms with Gasteiger partial charge in [-0.25, -0.2) is 4.79 Å².